The standard InChI is InChI=1S/C13H20N2O2/c1-3-17-9-8-13(16)15-10(2)11-4-6-12(14)7-5-11/h4-7,10H,3,8-9,14H2,1-2H3,(H,15,16). The van der Waals surface area contributed by atoms with Crippen molar-refractivity contribution in [1.82, 2.24) is 5.32 Å². The number of nitrogens with two attached hydrogens (primary N) is 1. The van der Waals surface area contributed by atoms with E-state index in [-0.39, 0.29) is 11.9 Å². The Hall–Kier alpha value is -1.55. The van der Waals surface area contributed by atoms with Gasteiger partial charge in [-0.15, -0.1) is 0 Å². The van der Waals surface area contributed by atoms with Crippen LogP contribution < -0.4 is 11.1 Å². The molecule has 0 saturated heterocycles. The van der Waals surface area contributed by atoms with Crippen molar-refractivity contribution in [2.75, 3.05) is 18.9 Å². The lowest BCUT2D eigenvalue weighted by Gasteiger charge is -2.14. The van der Waals surface area contributed by atoms with Gasteiger partial charge >= 0.3 is 0 Å². The van der Waals surface area contributed by atoms with Gasteiger partial charge in [0.05, 0.1) is 12.6 Å². The first-order valence-corrected chi connectivity index (χ1v) is 5.86. The van der Waals surface area contributed by atoms with Crippen LogP contribution in [0.25, 0.3) is 0 Å². The van der Waals surface area contributed by atoms with E-state index in [1.807, 2.05) is 38.1 Å². The fraction of sp³-hybridized carbons (Fsp3) is 0.462. The second-order valence-electron chi connectivity index (χ2n) is 3.90. The maximum Gasteiger partial charge on any atom is 0.222 e. The van der Waals surface area contributed by atoms with E-state index in [1.165, 1.54) is 0 Å². The van der Waals surface area contributed by atoms with E-state index in [0.29, 0.717) is 19.6 Å². The van der Waals surface area contributed by atoms with Crippen LogP contribution in [0.2, 0.25) is 0 Å². The van der Waals surface area contributed by atoms with Gasteiger partial charge in [-0.05, 0) is 31.5 Å². The second kappa shape index (κ2) is 6.91. The summed E-state index contributed by atoms with van der Waals surface area (Å²) in [6.07, 6.45) is 0.396. The molecule has 0 aliphatic heterocycles. The highest BCUT2D eigenvalue weighted by atomic mass is 16.5. The molecule has 1 amide bonds. The van der Waals surface area contributed by atoms with Crippen molar-refractivity contribution in [2.24, 2.45) is 0 Å². The van der Waals surface area contributed by atoms with Gasteiger partial charge in [0.25, 0.3) is 0 Å². The first-order chi connectivity index (χ1) is 8.13. The van der Waals surface area contributed by atoms with E-state index in [1.54, 1.807) is 0 Å². The van der Waals surface area contributed by atoms with Crippen LogP contribution in [0.1, 0.15) is 31.9 Å². The summed E-state index contributed by atoms with van der Waals surface area (Å²) in [4.78, 5) is 11.6. The summed E-state index contributed by atoms with van der Waals surface area (Å²) in [5.41, 5.74) is 7.38. The number of rotatable bonds is 6. The molecule has 0 aromatic heterocycles. The minimum atomic E-state index is -0.00951. The minimum Gasteiger partial charge on any atom is -0.399 e. The van der Waals surface area contributed by atoms with Gasteiger partial charge < -0.3 is 15.8 Å². The summed E-state index contributed by atoms with van der Waals surface area (Å²) in [5, 5.41) is 2.91. The molecule has 0 saturated carbocycles. The number of amides is 1. The molecule has 0 fully saturated rings. The molecule has 94 valence electrons. The number of hydrogen-bond donors (Lipinski definition) is 2. The molecule has 4 heteroatoms. The van der Waals surface area contributed by atoms with Crippen molar-refractivity contribution < 1.29 is 9.53 Å². The van der Waals surface area contributed by atoms with E-state index in [9.17, 15) is 4.79 Å². The van der Waals surface area contributed by atoms with Gasteiger partial charge in [0.2, 0.25) is 5.91 Å². The Balaban J connectivity index is 2.40. The Labute approximate surface area is 102 Å². The van der Waals surface area contributed by atoms with Crippen LogP contribution in [-0.2, 0) is 9.53 Å². The zero-order valence-electron chi connectivity index (χ0n) is 10.4. The van der Waals surface area contributed by atoms with E-state index in [0.717, 1.165) is 11.3 Å². The zero-order chi connectivity index (χ0) is 12.7. The van der Waals surface area contributed by atoms with E-state index in [2.05, 4.69) is 5.32 Å². The van der Waals surface area contributed by atoms with Gasteiger partial charge in [-0.25, -0.2) is 0 Å². The predicted molar refractivity (Wildman–Crippen MR) is 68.5 cm³/mol. The van der Waals surface area contributed by atoms with Crippen LogP contribution in [0, 0.1) is 0 Å². The number of carbonyl (C=O) groups is 1. The largest absolute Gasteiger partial charge is 0.399 e. The molecule has 0 heterocycles. The average Bonchev–Trinajstić information content (AvgIpc) is 2.30. The third-order valence-corrected chi connectivity index (χ3v) is 2.49. The Bertz CT molecular complexity index is 349. The normalized spacial score (nSPS) is 12.1. The Morgan fingerprint density at radius 1 is 1.41 bits per heavy atom. The number of benzene rings is 1. The predicted octanol–water partition coefficient (Wildman–Crippen LogP) is 1.87. The number of ether oxygens (including phenoxy) is 1. The smallest absolute Gasteiger partial charge is 0.222 e. The van der Waals surface area contributed by atoms with Crippen LogP contribution >= 0.6 is 0 Å². The molecule has 3 N–H and O–H groups in total. The summed E-state index contributed by atoms with van der Waals surface area (Å²) < 4.78 is 5.13. The highest BCUT2D eigenvalue weighted by molar-refractivity contribution is 5.76. The van der Waals surface area contributed by atoms with Crippen LogP contribution in [0.5, 0.6) is 0 Å². The molecular weight excluding hydrogens is 216 g/mol. The molecule has 0 radical (unpaired) electrons. The van der Waals surface area contributed by atoms with Crippen molar-refractivity contribution in [3.8, 4) is 0 Å². The van der Waals surface area contributed by atoms with Crippen LogP contribution in [0.4, 0.5) is 5.69 Å². The quantitative estimate of drug-likeness (QED) is 0.585. The summed E-state index contributed by atoms with van der Waals surface area (Å²) in [5.74, 6) is 0.00257. The third-order valence-electron chi connectivity index (χ3n) is 2.49. The lowest BCUT2D eigenvalue weighted by atomic mass is 10.1. The topological polar surface area (TPSA) is 64.3 Å². The molecule has 0 spiro atoms. The van der Waals surface area contributed by atoms with E-state index >= 15 is 0 Å². The summed E-state index contributed by atoms with van der Waals surface area (Å²) in [6, 6.07) is 7.49. The van der Waals surface area contributed by atoms with Gasteiger partial charge in [-0.3, -0.25) is 4.79 Å². The van der Waals surface area contributed by atoms with Crippen LogP contribution in [0.15, 0.2) is 24.3 Å². The van der Waals surface area contributed by atoms with Crippen LogP contribution in [-0.4, -0.2) is 19.1 Å². The molecule has 0 bridgehead atoms. The van der Waals surface area contributed by atoms with Crippen molar-refractivity contribution in [1.29, 1.82) is 0 Å². The monoisotopic (exact) mass is 236 g/mol. The average molecular weight is 236 g/mol. The molecule has 0 aliphatic carbocycles. The Kier molecular flexibility index (Phi) is 5.49. The summed E-state index contributed by atoms with van der Waals surface area (Å²) in [6.45, 7) is 4.97. The molecule has 1 aromatic rings. The van der Waals surface area contributed by atoms with Crippen molar-refractivity contribution >= 4 is 11.6 Å². The molecule has 1 rings (SSSR count). The lowest BCUT2D eigenvalue weighted by Crippen LogP contribution is -2.27. The molecule has 4 nitrogen and oxygen atoms in total. The number of nitrogens with one attached hydrogen (secondary N) is 1. The molecule has 1 atom stereocenters. The number of anilines is 1. The maximum absolute atomic E-state index is 11.6. The van der Waals surface area contributed by atoms with Gasteiger partial charge in [-0.2, -0.15) is 0 Å². The third kappa shape index (κ3) is 4.87. The second-order valence-corrected chi connectivity index (χ2v) is 3.90. The molecule has 17 heavy (non-hydrogen) atoms. The number of hydrogen-bond acceptors (Lipinski definition) is 3. The fourth-order valence-electron chi connectivity index (χ4n) is 1.49. The molecule has 1 aromatic carbocycles. The zero-order valence-corrected chi connectivity index (χ0v) is 10.4. The lowest BCUT2D eigenvalue weighted by molar-refractivity contribution is -0.122. The number of carbonyl (C=O) groups excluding carboxylic acids is 1. The SMILES string of the molecule is CCOCCC(=O)NC(C)c1ccc(N)cc1. The van der Waals surface area contributed by atoms with Crippen molar-refractivity contribution in [3.63, 3.8) is 0 Å². The van der Waals surface area contributed by atoms with E-state index < -0.39 is 0 Å². The van der Waals surface area contributed by atoms with Gasteiger partial charge in [0.1, 0.15) is 0 Å². The minimum absolute atomic E-state index is 0.00257. The maximum atomic E-state index is 11.6. The van der Waals surface area contributed by atoms with E-state index in [4.69, 9.17) is 10.5 Å². The Morgan fingerprint density at radius 2 is 2.06 bits per heavy atom. The molecule has 0 aliphatic rings. The number of nitrogen functional groups attached to an aromatic ring is 1. The Morgan fingerprint density at radius 3 is 2.65 bits per heavy atom. The van der Waals surface area contributed by atoms with Crippen molar-refractivity contribution in [2.45, 2.75) is 26.3 Å². The summed E-state index contributed by atoms with van der Waals surface area (Å²) >= 11 is 0. The van der Waals surface area contributed by atoms with Crippen LogP contribution in [0.3, 0.4) is 0 Å². The van der Waals surface area contributed by atoms with Gasteiger partial charge in [0, 0.05) is 18.7 Å². The van der Waals surface area contributed by atoms with Crippen molar-refractivity contribution in [3.05, 3.63) is 29.8 Å². The fourth-order valence-corrected chi connectivity index (χ4v) is 1.49. The first kappa shape index (κ1) is 13.5. The summed E-state index contributed by atoms with van der Waals surface area (Å²) in [7, 11) is 0. The molecular formula is C13H20N2O2. The molecule has 1 unspecified atom stereocenters. The van der Waals surface area contributed by atoms with Gasteiger partial charge in [0.15, 0.2) is 0 Å². The highest BCUT2D eigenvalue weighted by Gasteiger charge is 2.08. The van der Waals surface area contributed by atoms with Gasteiger partial charge in [-0.1, -0.05) is 12.1 Å². The first-order valence-electron chi connectivity index (χ1n) is 5.86. The highest BCUT2D eigenvalue weighted by Crippen LogP contribution is 2.14.